The molecule has 1 amide bonds. The summed E-state index contributed by atoms with van der Waals surface area (Å²) in [5.41, 5.74) is 5.03. The lowest BCUT2D eigenvalue weighted by Crippen LogP contribution is -2.42. The molecule has 108 valence electrons. The van der Waals surface area contributed by atoms with Gasteiger partial charge < -0.3 is 11.1 Å². The second-order valence-electron chi connectivity index (χ2n) is 5.03. The van der Waals surface area contributed by atoms with Crippen LogP contribution in [0.5, 0.6) is 0 Å². The van der Waals surface area contributed by atoms with E-state index in [-0.39, 0.29) is 29.4 Å². The molecule has 0 saturated heterocycles. The number of amides is 1. The van der Waals surface area contributed by atoms with Gasteiger partial charge in [0.25, 0.3) is 11.6 Å². The molecule has 1 saturated carbocycles. The molecular weight excluding hydrogens is 265 g/mol. The fourth-order valence-corrected chi connectivity index (χ4v) is 2.14. The summed E-state index contributed by atoms with van der Waals surface area (Å²) in [6.07, 6.45) is 1.97. The topological polar surface area (TPSA) is 98.3 Å². The second kappa shape index (κ2) is 5.54. The Morgan fingerprint density at radius 3 is 2.75 bits per heavy atom. The highest BCUT2D eigenvalue weighted by Crippen LogP contribution is 2.32. The van der Waals surface area contributed by atoms with Gasteiger partial charge in [0.05, 0.1) is 10.5 Å². The number of benzene rings is 1. The smallest absolute Gasteiger partial charge is 0.270 e. The monoisotopic (exact) mass is 281 g/mol. The van der Waals surface area contributed by atoms with E-state index in [4.69, 9.17) is 5.73 Å². The van der Waals surface area contributed by atoms with Gasteiger partial charge in [-0.05, 0) is 31.2 Å². The van der Waals surface area contributed by atoms with Crippen LogP contribution in [0.3, 0.4) is 0 Å². The predicted octanol–water partition coefficient (Wildman–Crippen LogP) is 1.51. The summed E-state index contributed by atoms with van der Waals surface area (Å²) in [5.74, 6) is -1.07. The molecule has 1 aromatic rings. The molecule has 1 aromatic carbocycles. The van der Waals surface area contributed by atoms with Crippen LogP contribution in [0.1, 0.15) is 28.8 Å². The number of halogens is 1. The molecule has 0 bridgehead atoms. The Balaban J connectivity index is 2.26. The van der Waals surface area contributed by atoms with E-state index in [2.05, 4.69) is 5.32 Å². The normalized spacial score (nSPS) is 15.8. The van der Waals surface area contributed by atoms with Crippen LogP contribution in [0.2, 0.25) is 0 Å². The van der Waals surface area contributed by atoms with Crippen molar-refractivity contribution < 1.29 is 14.1 Å². The Bertz CT molecular complexity index is 558. The van der Waals surface area contributed by atoms with E-state index in [0.717, 1.165) is 25.0 Å². The summed E-state index contributed by atoms with van der Waals surface area (Å²) < 4.78 is 14.0. The summed E-state index contributed by atoms with van der Waals surface area (Å²) in [6, 6.07) is 1.85. The lowest BCUT2D eigenvalue weighted by molar-refractivity contribution is -0.385. The first-order valence-electron chi connectivity index (χ1n) is 6.39. The standard InChI is InChI=1S/C13H16FN3O3/c1-7-4-9(17(19)20)5-10(12(7)14)13(18)16-11(6-15)8-2-3-8/h4-5,8,11H,2-3,6,15H2,1H3,(H,16,18). The largest absolute Gasteiger partial charge is 0.348 e. The Hall–Kier alpha value is -2.02. The van der Waals surface area contributed by atoms with Gasteiger partial charge in [-0.3, -0.25) is 14.9 Å². The number of nitrogens with one attached hydrogen (secondary N) is 1. The number of nitro benzene ring substituents is 1. The van der Waals surface area contributed by atoms with Gasteiger partial charge in [-0.25, -0.2) is 4.39 Å². The third-order valence-electron chi connectivity index (χ3n) is 3.46. The van der Waals surface area contributed by atoms with Crippen molar-refractivity contribution >= 4 is 11.6 Å². The first-order chi connectivity index (χ1) is 9.43. The zero-order valence-corrected chi connectivity index (χ0v) is 11.1. The van der Waals surface area contributed by atoms with Crippen LogP contribution in [-0.4, -0.2) is 23.4 Å². The number of rotatable bonds is 5. The van der Waals surface area contributed by atoms with Gasteiger partial charge >= 0.3 is 0 Å². The minimum absolute atomic E-state index is 0.0695. The molecular formula is C13H16FN3O3. The molecule has 1 aliphatic rings. The Labute approximate surface area is 115 Å². The zero-order valence-electron chi connectivity index (χ0n) is 11.1. The van der Waals surface area contributed by atoms with Gasteiger partial charge in [-0.15, -0.1) is 0 Å². The van der Waals surface area contributed by atoms with Crippen LogP contribution in [0.25, 0.3) is 0 Å². The van der Waals surface area contributed by atoms with E-state index >= 15 is 0 Å². The number of non-ortho nitro benzene ring substituents is 1. The Morgan fingerprint density at radius 1 is 1.60 bits per heavy atom. The summed E-state index contributed by atoms with van der Waals surface area (Å²) in [6.45, 7) is 1.66. The number of nitro groups is 1. The van der Waals surface area contributed by atoms with Crippen LogP contribution in [-0.2, 0) is 0 Å². The van der Waals surface area contributed by atoms with Gasteiger partial charge in [0, 0.05) is 24.7 Å². The van der Waals surface area contributed by atoms with E-state index in [1.807, 2.05) is 0 Å². The number of hydrogen-bond donors (Lipinski definition) is 2. The zero-order chi connectivity index (χ0) is 14.9. The molecule has 0 heterocycles. The SMILES string of the molecule is Cc1cc([N+](=O)[O-])cc(C(=O)NC(CN)C2CC2)c1F. The van der Waals surface area contributed by atoms with Gasteiger partial charge in [0.2, 0.25) is 0 Å². The lowest BCUT2D eigenvalue weighted by atomic mass is 10.1. The number of nitrogens with two attached hydrogens (primary N) is 1. The number of nitrogens with zero attached hydrogens (tertiary/aromatic N) is 1. The first kappa shape index (κ1) is 14.4. The van der Waals surface area contributed by atoms with E-state index in [1.165, 1.54) is 6.92 Å². The van der Waals surface area contributed by atoms with Crippen molar-refractivity contribution in [2.24, 2.45) is 11.7 Å². The molecule has 7 heteroatoms. The van der Waals surface area contributed by atoms with Crippen molar-refractivity contribution in [2.45, 2.75) is 25.8 Å². The van der Waals surface area contributed by atoms with Crippen LogP contribution < -0.4 is 11.1 Å². The van der Waals surface area contributed by atoms with E-state index in [9.17, 15) is 19.3 Å². The van der Waals surface area contributed by atoms with Crippen LogP contribution in [0, 0.1) is 28.8 Å². The van der Waals surface area contributed by atoms with Crippen molar-refractivity contribution in [3.63, 3.8) is 0 Å². The molecule has 0 spiro atoms. The fourth-order valence-electron chi connectivity index (χ4n) is 2.14. The molecule has 20 heavy (non-hydrogen) atoms. The maximum Gasteiger partial charge on any atom is 0.270 e. The summed E-state index contributed by atoms with van der Waals surface area (Å²) >= 11 is 0. The van der Waals surface area contributed by atoms with Crippen molar-refractivity contribution in [3.05, 3.63) is 39.2 Å². The highest BCUT2D eigenvalue weighted by molar-refractivity contribution is 5.95. The van der Waals surface area contributed by atoms with Gasteiger partial charge in [-0.1, -0.05) is 0 Å². The number of aryl methyl sites for hydroxylation is 1. The molecule has 0 aromatic heterocycles. The van der Waals surface area contributed by atoms with Gasteiger partial charge in [-0.2, -0.15) is 0 Å². The maximum atomic E-state index is 14.0. The molecule has 1 aliphatic carbocycles. The Morgan fingerprint density at radius 2 is 2.25 bits per heavy atom. The highest BCUT2D eigenvalue weighted by Gasteiger charge is 2.32. The quantitative estimate of drug-likeness (QED) is 0.631. The molecule has 3 N–H and O–H groups in total. The second-order valence-corrected chi connectivity index (χ2v) is 5.03. The summed E-state index contributed by atoms with van der Waals surface area (Å²) in [4.78, 5) is 22.2. The molecule has 1 unspecified atom stereocenters. The molecule has 6 nitrogen and oxygen atoms in total. The lowest BCUT2D eigenvalue weighted by Gasteiger charge is -2.16. The van der Waals surface area contributed by atoms with Crippen LogP contribution >= 0.6 is 0 Å². The number of carbonyl (C=O) groups excluding carboxylic acids is 1. The summed E-state index contributed by atoms with van der Waals surface area (Å²) in [5, 5.41) is 13.4. The van der Waals surface area contributed by atoms with E-state index in [1.54, 1.807) is 0 Å². The van der Waals surface area contributed by atoms with Crippen LogP contribution in [0.4, 0.5) is 10.1 Å². The highest BCUT2D eigenvalue weighted by atomic mass is 19.1. The predicted molar refractivity (Wildman–Crippen MR) is 70.8 cm³/mol. The maximum absolute atomic E-state index is 14.0. The van der Waals surface area contributed by atoms with Gasteiger partial charge in [0.1, 0.15) is 5.82 Å². The molecule has 2 rings (SSSR count). The molecule has 0 radical (unpaired) electrons. The van der Waals surface area contributed by atoms with Crippen molar-refractivity contribution in [2.75, 3.05) is 6.54 Å². The molecule has 0 aliphatic heterocycles. The van der Waals surface area contributed by atoms with Crippen molar-refractivity contribution in [3.8, 4) is 0 Å². The minimum atomic E-state index is -0.736. The Kier molecular flexibility index (Phi) is 3.99. The van der Waals surface area contributed by atoms with E-state index in [0.29, 0.717) is 5.92 Å². The van der Waals surface area contributed by atoms with Gasteiger partial charge in [0.15, 0.2) is 0 Å². The minimum Gasteiger partial charge on any atom is -0.348 e. The third kappa shape index (κ3) is 2.93. The van der Waals surface area contributed by atoms with Crippen molar-refractivity contribution in [1.82, 2.24) is 5.32 Å². The molecule has 1 fully saturated rings. The van der Waals surface area contributed by atoms with Crippen molar-refractivity contribution in [1.29, 1.82) is 0 Å². The van der Waals surface area contributed by atoms with Crippen LogP contribution in [0.15, 0.2) is 12.1 Å². The van der Waals surface area contributed by atoms with E-state index < -0.39 is 16.6 Å². The number of carbonyl (C=O) groups is 1. The summed E-state index contributed by atoms with van der Waals surface area (Å²) in [7, 11) is 0. The fraction of sp³-hybridized carbons (Fsp3) is 0.462. The number of hydrogen-bond acceptors (Lipinski definition) is 4. The third-order valence-corrected chi connectivity index (χ3v) is 3.46. The molecule has 1 atom stereocenters. The average molecular weight is 281 g/mol. The first-order valence-corrected chi connectivity index (χ1v) is 6.39. The average Bonchev–Trinajstić information content (AvgIpc) is 3.22.